The van der Waals surface area contributed by atoms with Crippen molar-refractivity contribution in [2.24, 2.45) is 0 Å². The average Bonchev–Trinajstić information content (AvgIpc) is 2.53. The van der Waals surface area contributed by atoms with Gasteiger partial charge in [0.2, 0.25) is 0 Å². The summed E-state index contributed by atoms with van der Waals surface area (Å²) in [6.45, 7) is 1.32. The van der Waals surface area contributed by atoms with E-state index in [4.69, 9.17) is 21.1 Å². The summed E-state index contributed by atoms with van der Waals surface area (Å²) in [5.41, 5.74) is 1.45. The van der Waals surface area contributed by atoms with Crippen LogP contribution in [0.3, 0.4) is 0 Å². The van der Waals surface area contributed by atoms with Crippen molar-refractivity contribution in [2.75, 3.05) is 25.1 Å². The fourth-order valence-corrected chi connectivity index (χ4v) is 2.20. The van der Waals surface area contributed by atoms with Crippen LogP contribution in [0.15, 0.2) is 42.5 Å². The number of Topliss-reactive ketones (excluding diaryl/α,β-unsaturated/α-hetero) is 1. The minimum Gasteiger partial charge on any atom is -0.486 e. The summed E-state index contributed by atoms with van der Waals surface area (Å²) in [6.07, 6.45) is 0. The number of fused-ring (bicyclic) bond motifs is 1. The van der Waals surface area contributed by atoms with Crippen molar-refractivity contribution in [1.29, 1.82) is 0 Å². The lowest BCUT2D eigenvalue weighted by atomic mass is 10.1. The first-order valence-electron chi connectivity index (χ1n) is 6.65. The summed E-state index contributed by atoms with van der Waals surface area (Å²) in [5, 5.41) is 3.71. The number of halogens is 1. The molecule has 5 heteroatoms. The molecule has 0 spiro atoms. The van der Waals surface area contributed by atoms with E-state index in [1.807, 2.05) is 18.2 Å². The third-order valence-corrected chi connectivity index (χ3v) is 3.41. The first-order valence-corrected chi connectivity index (χ1v) is 7.02. The smallest absolute Gasteiger partial charge is 0.181 e. The average molecular weight is 304 g/mol. The Morgan fingerprint density at radius 2 is 1.76 bits per heavy atom. The lowest BCUT2D eigenvalue weighted by Gasteiger charge is -2.19. The fraction of sp³-hybridized carbons (Fsp3) is 0.188. The van der Waals surface area contributed by atoms with Crippen molar-refractivity contribution >= 4 is 23.1 Å². The van der Waals surface area contributed by atoms with Crippen molar-refractivity contribution in [1.82, 2.24) is 0 Å². The van der Waals surface area contributed by atoms with Gasteiger partial charge in [0.25, 0.3) is 0 Å². The van der Waals surface area contributed by atoms with Gasteiger partial charge in [-0.1, -0.05) is 11.6 Å². The van der Waals surface area contributed by atoms with Crippen LogP contribution in [-0.2, 0) is 0 Å². The van der Waals surface area contributed by atoms with Crippen LogP contribution in [-0.4, -0.2) is 25.5 Å². The van der Waals surface area contributed by atoms with E-state index in [2.05, 4.69) is 5.32 Å². The van der Waals surface area contributed by atoms with Crippen LogP contribution in [0.25, 0.3) is 0 Å². The van der Waals surface area contributed by atoms with Crippen molar-refractivity contribution in [3.63, 3.8) is 0 Å². The maximum absolute atomic E-state index is 12.1. The van der Waals surface area contributed by atoms with Crippen LogP contribution >= 0.6 is 11.6 Å². The molecular weight excluding hydrogens is 290 g/mol. The van der Waals surface area contributed by atoms with E-state index in [1.54, 1.807) is 24.3 Å². The van der Waals surface area contributed by atoms with Gasteiger partial charge in [-0.05, 0) is 36.4 Å². The van der Waals surface area contributed by atoms with E-state index in [9.17, 15) is 4.79 Å². The Morgan fingerprint density at radius 3 is 2.52 bits per heavy atom. The third kappa shape index (κ3) is 3.28. The standard InChI is InChI=1S/C16H14ClNO3/c17-12-3-1-11(2-4-12)14(19)10-18-13-5-6-15-16(9-13)21-8-7-20-15/h1-6,9,18H,7-8,10H2. The van der Waals surface area contributed by atoms with E-state index >= 15 is 0 Å². The van der Waals surface area contributed by atoms with Crippen LogP contribution in [0.4, 0.5) is 5.69 Å². The molecule has 0 saturated carbocycles. The Morgan fingerprint density at radius 1 is 1.05 bits per heavy atom. The quantitative estimate of drug-likeness (QED) is 0.879. The van der Waals surface area contributed by atoms with Crippen LogP contribution in [0.5, 0.6) is 11.5 Å². The van der Waals surface area contributed by atoms with Gasteiger partial charge >= 0.3 is 0 Å². The third-order valence-electron chi connectivity index (χ3n) is 3.16. The molecule has 108 valence electrons. The van der Waals surface area contributed by atoms with Gasteiger partial charge in [-0.3, -0.25) is 4.79 Å². The highest BCUT2D eigenvalue weighted by Crippen LogP contribution is 2.32. The molecule has 4 nitrogen and oxygen atoms in total. The van der Waals surface area contributed by atoms with Crippen molar-refractivity contribution in [3.05, 3.63) is 53.1 Å². The second-order valence-electron chi connectivity index (χ2n) is 4.64. The van der Waals surface area contributed by atoms with Crippen molar-refractivity contribution in [3.8, 4) is 11.5 Å². The minimum absolute atomic E-state index is 0.00144. The molecular formula is C16H14ClNO3. The Kier molecular flexibility index (Phi) is 3.97. The second-order valence-corrected chi connectivity index (χ2v) is 5.08. The van der Waals surface area contributed by atoms with Gasteiger partial charge in [-0.15, -0.1) is 0 Å². The van der Waals surface area contributed by atoms with Crippen molar-refractivity contribution < 1.29 is 14.3 Å². The molecule has 0 amide bonds. The topological polar surface area (TPSA) is 47.6 Å². The lowest BCUT2D eigenvalue weighted by Crippen LogP contribution is -2.16. The number of rotatable bonds is 4. The van der Waals surface area contributed by atoms with E-state index < -0.39 is 0 Å². The zero-order chi connectivity index (χ0) is 14.7. The summed E-state index contributed by atoms with van der Waals surface area (Å²) in [7, 11) is 0. The van der Waals surface area contributed by atoms with Crippen LogP contribution < -0.4 is 14.8 Å². The van der Waals surface area contributed by atoms with Crippen LogP contribution in [0, 0.1) is 0 Å². The second kappa shape index (κ2) is 6.06. The highest BCUT2D eigenvalue weighted by atomic mass is 35.5. The normalized spacial score (nSPS) is 12.8. The molecule has 0 unspecified atom stereocenters. The first kappa shape index (κ1) is 13.8. The SMILES string of the molecule is O=C(CNc1ccc2c(c1)OCCO2)c1ccc(Cl)cc1. The number of nitrogens with one attached hydrogen (secondary N) is 1. The molecule has 0 atom stereocenters. The summed E-state index contributed by atoms with van der Waals surface area (Å²) in [4.78, 5) is 12.1. The monoisotopic (exact) mass is 303 g/mol. The molecule has 0 fully saturated rings. The molecule has 1 aliphatic rings. The van der Waals surface area contributed by atoms with Crippen LogP contribution in [0.1, 0.15) is 10.4 Å². The molecule has 1 heterocycles. The highest BCUT2D eigenvalue weighted by molar-refractivity contribution is 6.30. The van der Waals surface area contributed by atoms with E-state index in [-0.39, 0.29) is 12.3 Å². The van der Waals surface area contributed by atoms with Crippen LogP contribution in [0.2, 0.25) is 5.02 Å². The summed E-state index contributed by atoms with van der Waals surface area (Å²) in [5.74, 6) is 1.43. The number of carbonyl (C=O) groups is 1. The number of ether oxygens (including phenoxy) is 2. The first-order chi connectivity index (χ1) is 10.2. The highest BCUT2D eigenvalue weighted by Gasteiger charge is 2.12. The maximum Gasteiger partial charge on any atom is 0.181 e. The van der Waals surface area contributed by atoms with E-state index in [1.165, 1.54) is 0 Å². The maximum atomic E-state index is 12.1. The molecule has 0 aliphatic carbocycles. The summed E-state index contributed by atoms with van der Waals surface area (Å²) < 4.78 is 11.0. The van der Waals surface area contributed by atoms with E-state index in [0.717, 1.165) is 11.4 Å². The number of ketones is 1. The summed E-state index contributed by atoms with van der Waals surface area (Å²) >= 11 is 5.80. The predicted molar refractivity (Wildman–Crippen MR) is 81.7 cm³/mol. The fourth-order valence-electron chi connectivity index (χ4n) is 2.07. The van der Waals surface area contributed by atoms with Gasteiger partial charge in [0.05, 0.1) is 6.54 Å². The molecule has 0 aromatic heterocycles. The molecule has 0 bridgehead atoms. The summed E-state index contributed by atoms with van der Waals surface area (Å²) in [6, 6.07) is 12.4. The Hall–Kier alpha value is -2.20. The molecule has 1 aliphatic heterocycles. The Balaban J connectivity index is 1.64. The molecule has 1 N–H and O–H groups in total. The largest absolute Gasteiger partial charge is 0.486 e. The van der Waals surface area contributed by atoms with Gasteiger partial charge in [-0.25, -0.2) is 0 Å². The molecule has 21 heavy (non-hydrogen) atoms. The Bertz CT molecular complexity index is 655. The lowest BCUT2D eigenvalue weighted by molar-refractivity contribution is 0.101. The molecule has 2 aromatic carbocycles. The molecule has 2 aromatic rings. The molecule has 0 radical (unpaired) electrons. The van der Waals surface area contributed by atoms with Gasteiger partial charge < -0.3 is 14.8 Å². The zero-order valence-electron chi connectivity index (χ0n) is 11.3. The van der Waals surface area contributed by atoms with Crippen molar-refractivity contribution in [2.45, 2.75) is 0 Å². The van der Waals surface area contributed by atoms with Gasteiger partial charge in [-0.2, -0.15) is 0 Å². The molecule has 3 rings (SSSR count). The minimum atomic E-state index is 0.00144. The number of benzene rings is 2. The Labute approximate surface area is 127 Å². The number of hydrogen-bond donors (Lipinski definition) is 1. The van der Waals surface area contributed by atoms with E-state index in [0.29, 0.717) is 29.5 Å². The predicted octanol–water partition coefficient (Wildman–Crippen LogP) is 3.41. The number of carbonyl (C=O) groups excluding carboxylic acids is 1. The molecule has 0 saturated heterocycles. The zero-order valence-corrected chi connectivity index (χ0v) is 12.0. The van der Waals surface area contributed by atoms with Gasteiger partial charge in [0, 0.05) is 22.3 Å². The number of anilines is 1. The number of hydrogen-bond acceptors (Lipinski definition) is 4. The van der Waals surface area contributed by atoms with Gasteiger partial charge in [0.1, 0.15) is 13.2 Å². The van der Waals surface area contributed by atoms with Gasteiger partial charge in [0.15, 0.2) is 17.3 Å².